The lowest BCUT2D eigenvalue weighted by Gasteiger charge is -2.55. The fraction of sp³-hybridized carbons (Fsp3) is 0.576. The van der Waals surface area contributed by atoms with E-state index in [2.05, 4.69) is 91.2 Å². The van der Waals surface area contributed by atoms with Crippen LogP contribution in [-0.2, 0) is 57.6 Å². The van der Waals surface area contributed by atoms with Crippen molar-refractivity contribution in [2.24, 2.45) is 22.7 Å². The molecular weight excluding hydrogens is 978 g/mol. The number of aliphatic hydroxyl groups is 1. The standard InChI is InChI=1S/C26H29NO3.C17H21NO3.C14H28NP.C9H10O/c1-29-25(28)19-10-21(11-19)27-15-26(16-27)13-18-6-8-22(12-20(18)14-26)30-24-9-7-17-4-2-3-5-23(17)24;1-21-16(20)12-4-14(5-12)18-9-17(10-18)7-11-2-3-15(19)6-13(11)8-17;1-4-7-11-16(14-10-15,12-8-5-2)13-9-6-3;10-9-6-5-7-3-1-2-4-8(7)9/h2-6,8,12,19,21,24H,7,9-11,13-16H2,1H3;2-3,6,12,14,19H,4-5,7-10H2,1H3;14H,4-9,11-13H2,1-3H3;1-4,9-10H,5-6H2. The summed E-state index contributed by atoms with van der Waals surface area (Å²) < 4.78 is 16.1. The Labute approximate surface area is 460 Å². The molecule has 0 aromatic heterocycles. The third kappa shape index (κ3) is 13.2. The summed E-state index contributed by atoms with van der Waals surface area (Å²) in [6, 6.07) is 32.8. The van der Waals surface area contributed by atoms with Crippen LogP contribution in [0.3, 0.4) is 0 Å². The van der Waals surface area contributed by atoms with Crippen LogP contribution in [0.15, 0.2) is 84.9 Å². The van der Waals surface area contributed by atoms with Crippen molar-refractivity contribution in [1.82, 2.24) is 9.80 Å². The number of unbranched alkanes of at least 4 members (excludes halogenated alkanes) is 3. The van der Waals surface area contributed by atoms with Crippen molar-refractivity contribution >= 4 is 24.6 Å². The van der Waals surface area contributed by atoms with E-state index < -0.39 is 6.89 Å². The van der Waals surface area contributed by atoms with Crippen LogP contribution in [0.25, 0.3) is 0 Å². The number of ether oxygens (including phenoxy) is 3. The number of likely N-dealkylation sites (tertiary alicyclic amines) is 2. The lowest BCUT2D eigenvalue weighted by atomic mass is 9.71. The number of rotatable bonds is 15. The largest absolute Gasteiger partial charge is 0.508 e. The number of benzene rings is 4. The number of methoxy groups -OCH3 is 2. The number of aliphatic hydroxyl groups excluding tert-OH is 1. The fourth-order valence-electron chi connectivity index (χ4n) is 14.2. The van der Waals surface area contributed by atoms with E-state index in [0.717, 1.165) is 108 Å². The molecule has 2 saturated heterocycles. The number of fused-ring (bicyclic) bond motifs is 4. The Balaban J connectivity index is 0.000000135. The van der Waals surface area contributed by atoms with E-state index in [9.17, 15) is 19.8 Å². The highest BCUT2D eigenvalue weighted by Crippen LogP contribution is 2.51. The van der Waals surface area contributed by atoms with Crippen LogP contribution in [0, 0.1) is 34.0 Å². The Morgan fingerprint density at radius 3 is 1.61 bits per heavy atom. The molecule has 4 fully saturated rings. The number of carbonyl (C=O) groups excluding carboxylic acids is 2. The first-order valence-electron chi connectivity index (χ1n) is 29.5. The van der Waals surface area contributed by atoms with Gasteiger partial charge in [-0.15, -0.1) is 0 Å². The predicted molar refractivity (Wildman–Crippen MR) is 310 cm³/mol. The van der Waals surface area contributed by atoms with Gasteiger partial charge in [0.25, 0.3) is 0 Å². The van der Waals surface area contributed by atoms with Gasteiger partial charge in [-0.25, -0.2) is 0 Å². The highest BCUT2D eigenvalue weighted by Gasteiger charge is 2.53. The van der Waals surface area contributed by atoms with Gasteiger partial charge < -0.3 is 24.4 Å². The maximum absolute atomic E-state index is 11.6. The molecule has 2 atom stereocenters. The summed E-state index contributed by atoms with van der Waals surface area (Å²) in [4.78, 5) is 28.2. The van der Waals surface area contributed by atoms with Crippen molar-refractivity contribution in [2.45, 2.75) is 161 Å². The van der Waals surface area contributed by atoms with E-state index in [4.69, 9.17) is 19.5 Å². The maximum atomic E-state index is 11.6. The van der Waals surface area contributed by atoms with Crippen molar-refractivity contribution in [1.29, 1.82) is 5.26 Å². The molecule has 0 amide bonds. The monoisotopic (exact) mass is 1070 g/mol. The minimum absolute atomic E-state index is 0.0350. The van der Waals surface area contributed by atoms with Gasteiger partial charge in [-0.05, 0) is 184 Å². The highest BCUT2D eigenvalue weighted by molar-refractivity contribution is 7.75. The van der Waals surface area contributed by atoms with E-state index in [1.54, 1.807) is 6.07 Å². The molecule has 4 aromatic rings. The van der Waals surface area contributed by atoms with E-state index >= 15 is 0 Å². The first kappa shape index (κ1) is 56.8. The molecule has 4 aromatic carbocycles. The summed E-state index contributed by atoms with van der Waals surface area (Å²) >= 11 is 0. The SMILES string of the molecule is CCCCP(=CC#N)(CCCC)CCCC.COC(=O)C1CC(N2CC3(Cc4ccc(O)cc4C3)C2)C1.COC(=O)C1CC(N2CC3(Cc4ccc(OC5CCc6ccccc65)cc4C3)C2)C1.OC1CCc2ccccc21. The zero-order valence-corrected chi connectivity index (χ0v) is 47.9. The van der Waals surface area contributed by atoms with E-state index in [-0.39, 0.29) is 36.0 Å². The van der Waals surface area contributed by atoms with Crippen molar-refractivity contribution in [3.63, 3.8) is 0 Å². The zero-order valence-electron chi connectivity index (χ0n) is 47.0. The number of esters is 2. The molecule has 2 saturated carbocycles. The van der Waals surface area contributed by atoms with Gasteiger partial charge in [-0.1, -0.05) is 108 Å². The van der Waals surface area contributed by atoms with Gasteiger partial charge in [0.15, 0.2) is 0 Å². The molecule has 8 aliphatic rings. The van der Waals surface area contributed by atoms with Crippen LogP contribution in [0.4, 0.5) is 0 Å². The summed E-state index contributed by atoms with van der Waals surface area (Å²) in [6.07, 6.45) is 24.2. The fourth-order valence-corrected chi connectivity index (χ4v) is 18.3. The molecule has 12 rings (SSSR count). The number of carbonyl (C=O) groups is 2. The second kappa shape index (κ2) is 25.5. The van der Waals surface area contributed by atoms with Gasteiger partial charge in [0, 0.05) is 54.9 Å². The molecule has 2 N–H and O–H groups in total. The van der Waals surface area contributed by atoms with Crippen molar-refractivity contribution in [3.8, 4) is 17.6 Å². The number of aryl methyl sites for hydroxylation is 2. The average Bonchev–Trinajstić information content (AvgIpc) is 4.35. The summed E-state index contributed by atoms with van der Waals surface area (Å²) in [6.45, 7) is 10.3. The van der Waals surface area contributed by atoms with Gasteiger partial charge in [-0.2, -0.15) is 5.26 Å². The Morgan fingerprint density at radius 1 is 0.636 bits per heavy atom. The molecule has 2 heterocycles. The van der Waals surface area contributed by atoms with Gasteiger partial charge >= 0.3 is 11.9 Å². The number of nitriles is 1. The molecule has 11 heteroatoms. The summed E-state index contributed by atoms with van der Waals surface area (Å²) in [5.41, 5.74) is 11.7. The lowest BCUT2D eigenvalue weighted by molar-refractivity contribution is -0.154. The molecule has 414 valence electrons. The average molecular weight is 1070 g/mol. The Hall–Kier alpha value is -4.91. The molecule has 2 unspecified atom stereocenters. The molecule has 10 nitrogen and oxygen atoms in total. The topological polar surface area (TPSA) is 133 Å². The predicted octanol–water partition coefficient (Wildman–Crippen LogP) is 12.2. The Kier molecular flexibility index (Phi) is 18.8. The number of phenols is 1. The molecule has 2 spiro atoms. The third-order valence-corrected chi connectivity index (χ3v) is 23.1. The first-order valence-corrected chi connectivity index (χ1v) is 31.9. The summed E-state index contributed by atoms with van der Waals surface area (Å²) in [5, 5.41) is 28.0. The normalized spacial score (nSPS) is 24.4. The molecule has 77 heavy (non-hydrogen) atoms. The van der Waals surface area contributed by atoms with Crippen molar-refractivity contribution in [3.05, 3.63) is 129 Å². The van der Waals surface area contributed by atoms with E-state index in [0.29, 0.717) is 28.7 Å². The van der Waals surface area contributed by atoms with Gasteiger partial charge in [-0.3, -0.25) is 19.4 Å². The minimum Gasteiger partial charge on any atom is -0.508 e. The second-order valence-electron chi connectivity index (χ2n) is 24.4. The Bertz CT molecular complexity index is 2730. The number of hydrogen-bond donors (Lipinski definition) is 2. The third-order valence-electron chi connectivity index (χ3n) is 18.8. The van der Waals surface area contributed by atoms with Crippen molar-refractivity contribution < 1.29 is 34.0 Å². The Morgan fingerprint density at radius 2 is 1.10 bits per heavy atom. The van der Waals surface area contributed by atoms with Gasteiger partial charge in [0.1, 0.15) is 17.6 Å². The number of nitrogens with zero attached hydrogens (tertiary/aromatic N) is 3. The quantitative estimate of drug-likeness (QED) is 0.0876. The summed E-state index contributed by atoms with van der Waals surface area (Å²) in [5.74, 6) is 3.60. The number of aromatic hydroxyl groups is 1. The highest BCUT2D eigenvalue weighted by atomic mass is 31.2. The lowest BCUT2D eigenvalue weighted by Crippen LogP contribution is -2.63. The van der Waals surface area contributed by atoms with Gasteiger partial charge in [0.2, 0.25) is 0 Å². The number of hydrogen-bond acceptors (Lipinski definition) is 10. The zero-order chi connectivity index (χ0) is 54.2. The maximum Gasteiger partial charge on any atom is 0.308 e. The van der Waals surface area contributed by atoms with Crippen LogP contribution >= 0.6 is 6.89 Å². The van der Waals surface area contributed by atoms with Gasteiger partial charge in [0.05, 0.1) is 38.2 Å². The van der Waals surface area contributed by atoms with Crippen LogP contribution in [0.2, 0.25) is 0 Å². The van der Waals surface area contributed by atoms with E-state index in [1.807, 2.05) is 30.1 Å². The van der Waals surface area contributed by atoms with Crippen LogP contribution < -0.4 is 4.74 Å². The van der Waals surface area contributed by atoms with Crippen molar-refractivity contribution in [2.75, 3.05) is 58.9 Å². The molecule has 2 aliphatic heterocycles. The minimum atomic E-state index is -1.03. The molecule has 0 bridgehead atoms. The summed E-state index contributed by atoms with van der Waals surface area (Å²) in [7, 11) is 2.97. The first-order chi connectivity index (χ1) is 37.3. The van der Waals surface area contributed by atoms with Crippen LogP contribution in [-0.4, -0.2) is 109 Å². The smallest absolute Gasteiger partial charge is 0.308 e. The molecular formula is C66H88N3O7P. The van der Waals surface area contributed by atoms with Crippen LogP contribution in [0.1, 0.15) is 155 Å². The van der Waals surface area contributed by atoms with E-state index in [1.165, 1.54) is 117 Å². The van der Waals surface area contributed by atoms with Crippen LogP contribution in [0.5, 0.6) is 11.5 Å². The molecule has 0 radical (unpaired) electrons. The molecule has 6 aliphatic carbocycles. The second-order valence-corrected chi connectivity index (χ2v) is 28.4. The number of phenolic OH excluding ortho intramolecular Hbond substituents is 1.